The second-order valence-electron chi connectivity index (χ2n) is 10.6. The topological polar surface area (TPSA) is 118 Å². The molecule has 2 aromatic rings. The molecule has 0 spiro atoms. The predicted molar refractivity (Wildman–Crippen MR) is 140 cm³/mol. The summed E-state index contributed by atoms with van der Waals surface area (Å²) in [5, 5.41) is 14.8. The zero-order valence-corrected chi connectivity index (χ0v) is 22.5. The van der Waals surface area contributed by atoms with Gasteiger partial charge in [0.25, 0.3) is 5.91 Å². The van der Waals surface area contributed by atoms with Crippen LogP contribution in [0.4, 0.5) is 4.79 Å². The SMILES string of the molecule is CCOC(=O)c1c(C#N)c(-c2ccc(C(=O)N3CCCC3)cc2)nn1[C@@H]1CCCN(C(=O)OC(C)(C)C)C1. The molecule has 2 fully saturated rings. The van der Waals surface area contributed by atoms with E-state index in [0.29, 0.717) is 36.2 Å². The number of ether oxygens (including phenoxy) is 2. The zero-order chi connectivity index (χ0) is 27.4. The number of nitrogens with zero attached hydrogens (tertiary/aromatic N) is 5. The Bertz CT molecular complexity index is 1230. The monoisotopic (exact) mass is 521 g/mol. The Kier molecular flexibility index (Phi) is 8.05. The molecule has 10 nitrogen and oxygen atoms in total. The number of piperidine rings is 1. The molecule has 1 aromatic heterocycles. The van der Waals surface area contributed by atoms with E-state index in [4.69, 9.17) is 14.6 Å². The van der Waals surface area contributed by atoms with Crippen LogP contribution >= 0.6 is 0 Å². The normalized spacial score (nSPS) is 17.7. The molecule has 2 amide bonds. The van der Waals surface area contributed by atoms with Crippen molar-refractivity contribution in [3.63, 3.8) is 0 Å². The van der Waals surface area contributed by atoms with Gasteiger partial charge in [0.05, 0.1) is 12.6 Å². The van der Waals surface area contributed by atoms with E-state index in [2.05, 4.69) is 6.07 Å². The molecular formula is C28H35N5O5. The van der Waals surface area contributed by atoms with Crippen LogP contribution in [-0.4, -0.2) is 75.9 Å². The van der Waals surface area contributed by atoms with Gasteiger partial charge in [-0.2, -0.15) is 10.4 Å². The van der Waals surface area contributed by atoms with E-state index in [-0.39, 0.29) is 36.4 Å². The third-order valence-electron chi connectivity index (χ3n) is 6.68. The first-order valence-corrected chi connectivity index (χ1v) is 13.2. The fourth-order valence-corrected chi connectivity index (χ4v) is 4.92. The molecule has 3 heterocycles. The van der Waals surface area contributed by atoms with E-state index in [1.54, 1.807) is 36.1 Å². The van der Waals surface area contributed by atoms with Crippen LogP contribution in [0.3, 0.4) is 0 Å². The lowest BCUT2D eigenvalue weighted by Crippen LogP contribution is -2.44. The molecule has 4 rings (SSSR count). The van der Waals surface area contributed by atoms with Gasteiger partial charge in [0.15, 0.2) is 5.69 Å². The van der Waals surface area contributed by atoms with Crippen molar-refractivity contribution in [2.75, 3.05) is 32.8 Å². The first kappa shape index (κ1) is 27.2. The third kappa shape index (κ3) is 5.82. The van der Waals surface area contributed by atoms with E-state index < -0.39 is 17.7 Å². The van der Waals surface area contributed by atoms with Crippen LogP contribution in [0.1, 0.15) is 85.8 Å². The van der Waals surface area contributed by atoms with Crippen LogP contribution in [-0.2, 0) is 9.47 Å². The summed E-state index contributed by atoms with van der Waals surface area (Å²) in [5.74, 6) is -0.658. The largest absolute Gasteiger partial charge is 0.461 e. The lowest BCUT2D eigenvalue weighted by Gasteiger charge is -2.34. The number of esters is 1. The van der Waals surface area contributed by atoms with E-state index >= 15 is 0 Å². The summed E-state index contributed by atoms with van der Waals surface area (Å²) in [6.07, 6.45) is 2.95. The number of amides is 2. The maximum Gasteiger partial charge on any atom is 0.410 e. The molecule has 2 aliphatic heterocycles. The minimum Gasteiger partial charge on any atom is -0.461 e. The lowest BCUT2D eigenvalue weighted by atomic mass is 10.0. The number of hydrogen-bond donors (Lipinski definition) is 0. The highest BCUT2D eigenvalue weighted by atomic mass is 16.6. The van der Waals surface area contributed by atoms with Crippen molar-refractivity contribution in [3.05, 3.63) is 41.1 Å². The van der Waals surface area contributed by atoms with E-state index in [1.807, 2.05) is 25.7 Å². The Morgan fingerprint density at radius 3 is 2.32 bits per heavy atom. The van der Waals surface area contributed by atoms with Gasteiger partial charge in [0.1, 0.15) is 22.9 Å². The van der Waals surface area contributed by atoms with Crippen molar-refractivity contribution in [3.8, 4) is 17.3 Å². The van der Waals surface area contributed by atoms with Gasteiger partial charge in [-0.15, -0.1) is 0 Å². The fourth-order valence-electron chi connectivity index (χ4n) is 4.92. The van der Waals surface area contributed by atoms with Crippen molar-refractivity contribution in [2.24, 2.45) is 0 Å². The van der Waals surface area contributed by atoms with Gasteiger partial charge >= 0.3 is 12.1 Å². The summed E-state index contributed by atoms with van der Waals surface area (Å²) in [4.78, 5) is 42.0. The molecule has 0 aliphatic carbocycles. The van der Waals surface area contributed by atoms with Crippen LogP contribution in [0.25, 0.3) is 11.3 Å². The van der Waals surface area contributed by atoms with Crippen LogP contribution in [0.2, 0.25) is 0 Å². The number of nitriles is 1. The van der Waals surface area contributed by atoms with Gasteiger partial charge < -0.3 is 19.3 Å². The Labute approximate surface area is 223 Å². The third-order valence-corrected chi connectivity index (χ3v) is 6.68. The van der Waals surface area contributed by atoms with E-state index in [9.17, 15) is 19.6 Å². The predicted octanol–water partition coefficient (Wildman–Crippen LogP) is 4.41. The van der Waals surface area contributed by atoms with Crippen molar-refractivity contribution in [1.82, 2.24) is 19.6 Å². The first-order valence-electron chi connectivity index (χ1n) is 13.2. The standard InChI is InChI=1S/C28H35N5O5/c1-5-37-26(35)24-22(17-29)23(19-10-12-20(13-11-19)25(34)31-14-6-7-15-31)30-33(24)21-9-8-16-32(18-21)27(36)38-28(2,3)4/h10-13,21H,5-9,14-16,18H2,1-4H3/t21-/m1/s1. The number of hydrogen-bond acceptors (Lipinski definition) is 7. The Morgan fingerprint density at radius 1 is 1.05 bits per heavy atom. The quantitative estimate of drug-likeness (QED) is 0.535. The maximum atomic E-state index is 13.0. The van der Waals surface area contributed by atoms with E-state index in [0.717, 1.165) is 25.9 Å². The molecule has 0 radical (unpaired) electrons. The molecule has 0 N–H and O–H groups in total. The molecule has 0 saturated carbocycles. The number of likely N-dealkylation sites (tertiary alicyclic amines) is 2. The summed E-state index contributed by atoms with van der Waals surface area (Å²) in [6.45, 7) is 9.62. The molecule has 1 atom stereocenters. The van der Waals surface area contributed by atoms with Gasteiger partial charge in [-0.25, -0.2) is 9.59 Å². The summed E-state index contributed by atoms with van der Waals surface area (Å²) in [6, 6.07) is 8.76. The molecular weight excluding hydrogens is 486 g/mol. The van der Waals surface area contributed by atoms with E-state index in [1.165, 1.54) is 4.68 Å². The minimum atomic E-state index is -0.641. The summed E-state index contributed by atoms with van der Waals surface area (Å²) in [5.41, 5.74) is 1.07. The van der Waals surface area contributed by atoms with Crippen molar-refractivity contribution in [2.45, 2.75) is 65.0 Å². The smallest absolute Gasteiger partial charge is 0.410 e. The fraction of sp³-hybridized carbons (Fsp3) is 0.536. The highest BCUT2D eigenvalue weighted by Crippen LogP contribution is 2.32. The number of benzene rings is 1. The van der Waals surface area contributed by atoms with Gasteiger partial charge in [-0.1, -0.05) is 12.1 Å². The summed E-state index contributed by atoms with van der Waals surface area (Å²) in [7, 11) is 0. The molecule has 2 aliphatic rings. The molecule has 2 saturated heterocycles. The number of rotatable bonds is 5. The van der Waals surface area contributed by atoms with Crippen molar-refractivity contribution >= 4 is 18.0 Å². The van der Waals surface area contributed by atoms with Crippen LogP contribution in [0.15, 0.2) is 24.3 Å². The zero-order valence-electron chi connectivity index (χ0n) is 22.5. The van der Waals surface area contributed by atoms with Gasteiger partial charge in [-0.05, 0) is 65.5 Å². The maximum absolute atomic E-state index is 13.0. The lowest BCUT2D eigenvalue weighted by molar-refractivity contribution is 0.0165. The number of carbonyl (C=O) groups excluding carboxylic acids is 3. The van der Waals surface area contributed by atoms with Crippen LogP contribution < -0.4 is 0 Å². The van der Waals surface area contributed by atoms with Crippen LogP contribution in [0, 0.1) is 11.3 Å². The summed E-state index contributed by atoms with van der Waals surface area (Å²) < 4.78 is 12.4. The number of aromatic nitrogens is 2. The Hall–Kier alpha value is -3.87. The second kappa shape index (κ2) is 11.3. The highest BCUT2D eigenvalue weighted by molar-refractivity contribution is 5.96. The molecule has 0 unspecified atom stereocenters. The summed E-state index contributed by atoms with van der Waals surface area (Å²) >= 11 is 0. The number of carbonyl (C=O) groups is 3. The van der Waals surface area contributed by atoms with Crippen LogP contribution in [0.5, 0.6) is 0 Å². The Balaban J connectivity index is 1.68. The van der Waals surface area contributed by atoms with Gasteiger partial charge in [0, 0.05) is 37.3 Å². The average Bonchev–Trinajstić information content (AvgIpc) is 3.56. The van der Waals surface area contributed by atoms with Crippen molar-refractivity contribution < 1.29 is 23.9 Å². The molecule has 10 heteroatoms. The molecule has 0 bridgehead atoms. The van der Waals surface area contributed by atoms with Crippen molar-refractivity contribution in [1.29, 1.82) is 5.26 Å². The Morgan fingerprint density at radius 2 is 1.71 bits per heavy atom. The molecule has 202 valence electrons. The average molecular weight is 522 g/mol. The molecule has 38 heavy (non-hydrogen) atoms. The highest BCUT2D eigenvalue weighted by Gasteiger charge is 2.34. The molecule has 1 aromatic carbocycles. The minimum absolute atomic E-state index is 0.0169. The second-order valence-corrected chi connectivity index (χ2v) is 10.6. The van der Waals surface area contributed by atoms with Gasteiger partial charge in [0.2, 0.25) is 0 Å². The van der Waals surface area contributed by atoms with Gasteiger partial charge in [-0.3, -0.25) is 9.48 Å². The first-order chi connectivity index (χ1) is 18.1.